The third kappa shape index (κ3) is 4.06. The Morgan fingerprint density at radius 2 is 1.36 bits per heavy atom. The monoisotopic (exact) mass is 407 g/mol. The lowest BCUT2D eigenvalue weighted by Crippen LogP contribution is -3.00. The molecular weight excluding hydrogens is 390 g/mol. The van der Waals surface area contributed by atoms with Crippen molar-refractivity contribution in [3.05, 3.63) is 101 Å². The summed E-state index contributed by atoms with van der Waals surface area (Å²) in [6, 6.07) is 29.7. The van der Waals surface area contributed by atoms with Crippen LogP contribution >= 0.6 is 11.3 Å². The molecule has 0 aliphatic carbocycles. The Morgan fingerprint density at radius 1 is 0.720 bits per heavy atom. The van der Waals surface area contributed by atoms with E-state index in [1.165, 1.54) is 26.4 Å². The third-order valence-corrected chi connectivity index (χ3v) is 5.17. The fourth-order valence-corrected chi connectivity index (χ4v) is 3.90. The Balaban J connectivity index is 0.00000182. The van der Waals surface area contributed by atoms with Crippen molar-refractivity contribution in [3.8, 4) is 0 Å². The van der Waals surface area contributed by atoms with Gasteiger partial charge in [0.25, 0.3) is 5.01 Å². The van der Waals surface area contributed by atoms with Crippen LogP contribution in [0.5, 0.6) is 0 Å². The Morgan fingerprint density at radius 3 is 2.12 bits per heavy atom. The summed E-state index contributed by atoms with van der Waals surface area (Å²) in [4.78, 5) is 0. The van der Waals surface area contributed by atoms with Gasteiger partial charge in [-0.2, -0.15) is 4.57 Å². The number of para-hydroxylation sites is 1. The van der Waals surface area contributed by atoms with Crippen LogP contribution in [0.25, 0.3) is 22.4 Å². The van der Waals surface area contributed by atoms with Crippen LogP contribution in [-0.4, -0.2) is 0 Å². The second-order valence-corrected chi connectivity index (χ2v) is 6.79. The lowest BCUT2D eigenvalue weighted by atomic mass is 10.2. The SMILES string of the molecule is C(=Cc1sc2ccccc2[n+]1Cc1ccccc1)c1ccccc1.[Br-]. The normalized spacial score (nSPS) is 10.9. The molecule has 0 amide bonds. The highest BCUT2D eigenvalue weighted by Crippen LogP contribution is 2.22. The van der Waals surface area contributed by atoms with Crippen LogP contribution in [0.4, 0.5) is 0 Å². The molecule has 3 aromatic carbocycles. The molecule has 124 valence electrons. The van der Waals surface area contributed by atoms with Crippen LogP contribution in [0.15, 0.2) is 84.9 Å². The van der Waals surface area contributed by atoms with Gasteiger partial charge in [-0.1, -0.05) is 84.1 Å². The molecular formula is C22H18BrNS. The van der Waals surface area contributed by atoms with Crippen molar-refractivity contribution in [1.29, 1.82) is 0 Å². The van der Waals surface area contributed by atoms with Crippen LogP contribution in [0.2, 0.25) is 0 Å². The summed E-state index contributed by atoms with van der Waals surface area (Å²) in [6.45, 7) is 0.888. The fourth-order valence-electron chi connectivity index (χ4n) is 2.84. The second-order valence-electron chi connectivity index (χ2n) is 5.72. The van der Waals surface area contributed by atoms with E-state index in [9.17, 15) is 0 Å². The van der Waals surface area contributed by atoms with E-state index in [-0.39, 0.29) is 17.0 Å². The Kier molecular flexibility index (Phi) is 5.79. The van der Waals surface area contributed by atoms with Gasteiger partial charge in [-0.05, 0) is 17.7 Å². The number of halogens is 1. The molecule has 1 nitrogen and oxygen atoms in total. The van der Waals surface area contributed by atoms with Crippen molar-refractivity contribution in [2.75, 3.05) is 0 Å². The Hall–Kier alpha value is -2.23. The van der Waals surface area contributed by atoms with Crippen molar-refractivity contribution >= 4 is 33.7 Å². The molecule has 0 radical (unpaired) electrons. The van der Waals surface area contributed by atoms with Gasteiger partial charge in [0.2, 0.25) is 5.52 Å². The number of rotatable bonds is 4. The van der Waals surface area contributed by atoms with Crippen molar-refractivity contribution in [3.63, 3.8) is 0 Å². The van der Waals surface area contributed by atoms with Crippen LogP contribution in [0.3, 0.4) is 0 Å². The Bertz CT molecular complexity index is 975. The summed E-state index contributed by atoms with van der Waals surface area (Å²) < 4.78 is 3.72. The van der Waals surface area contributed by atoms with Crippen molar-refractivity contribution in [2.45, 2.75) is 6.54 Å². The summed E-state index contributed by atoms with van der Waals surface area (Å²) in [5.41, 5.74) is 3.83. The van der Waals surface area contributed by atoms with E-state index in [0.29, 0.717) is 0 Å². The molecule has 0 spiro atoms. The van der Waals surface area contributed by atoms with E-state index in [1.807, 2.05) is 17.4 Å². The van der Waals surface area contributed by atoms with Gasteiger partial charge in [0.05, 0.1) is 0 Å². The first kappa shape index (κ1) is 17.6. The zero-order valence-corrected chi connectivity index (χ0v) is 16.1. The number of hydrogen-bond donors (Lipinski definition) is 0. The van der Waals surface area contributed by atoms with E-state index in [2.05, 4.69) is 95.6 Å². The van der Waals surface area contributed by atoms with Crippen molar-refractivity contribution in [1.82, 2.24) is 0 Å². The van der Waals surface area contributed by atoms with E-state index < -0.39 is 0 Å². The third-order valence-electron chi connectivity index (χ3n) is 4.04. The van der Waals surface area contributed by atoms with Crippen LogP contribution in [0, 0.1) is 0 Å². The molecule has 0 fully saturated rings. The highest BCUT2D eigenvalue weighted by Gasteiger charge is 2.18. The van der Waals surface area contributed by atoms with Gasteiger partial charge < -0.3 is 17.0 Å². The molecule has 0 aliphatic rings. The van der Waals surface area contributed by atoms with Crippen molar-refractivity contribution < 1.29 is 21.5 Å². The van der Waals surface area contributed by atoms with Gasteiger partial charge >= 0.3 is 0 Å². The minimum absolute atomic E-state index is 0. The van der Waals surface area contributed by atoms with Crippen LogP contribution < -0.4 is 21.5 Å². The van der Waals surface area contributed by atoms with E-state index in [4.69, 9.17) is 0 Å². The van der Waals surface area contributed by atoms with Gasteiger partial charge in [0.15, 0.2) is 6.54 Å². The average Bonchev–Trinajstić information content (AvgIpc) is 2.99. The predicted molar refractivity (Wildman–Crippen MR) is 103 cm³/mol. The molecule has 0 atom stereocenters. The van der Waals surface area contributed by atoms with Gasteiger partial charge in [0.1, 0.15) is 4.70 Å². The molecule has 25 heavy (non-hydrogen) atoms. The maximum absolute atomic E-state index is 2.40. The molecule has 0 saturated heterocycles. The number of thiazole rings is 1. The summed E-state index contributed by atoms with van der Waals surface area (Å²) in [7, 11) is 0. The smallest absolute Gasteiger partial charge is 0.263 e. The first-order valence-electron chi connectivity index (χ1n) is 8.08. The standard InChI is InChI=1S/C22H18NS.BrH/c1-3-9-18(10-4-1)15-16-22-23(17-19-11-5-2-6-12-19)20-13-7-8-14-21(20)24-22;/h1-16H,17H2;1H/q+1;/p-1. The molecule has 0 aliphatic heterocycles. The maximum Gasteiger partial charge on any atom is 0.263 e. The molecule has 0 unspecified atom stereocenters. The quantitative estimate of drug-likeness (QED) is 0.457. The second kappa shape index (κ2) is 8.24. The molecule has 0 saturated carbocycles. The molecule has 0 bridgehead atoms. The van der Waals surface area contributed by atoms with Crippen LogP contribution in [0.1, 0.15) is 16.1 Å². The summed E-state index contributed by atoms with van der Waals surface area (Å²) in [5, 5.41) is 1.27. The molecule has 3 heteroatoms. The number of fused-ring (bicyclic) bond motifs is 1. The summed E-state index contributed by atoms with van der Waals surface area (Å²) in [5.74, 6) is 0. The minimum Gasteiger partial charge on any atom is -1.00 e. The highest BCUT2D eigenvalue weighted by atomic mass is 79.9. The van der Waals surface area contributed by atoms with E-state index in [0.717, 1.165) is 6.54 Å². The first-order valence-corrected chi connectivity index (χ1v) is 8.90. The van der Waals surface area contributed by atoms with Gasteiger partial charge in [0, 0.05) is 17.7 Å². The first-order chi connectivity index (χ1) is 11.9. The fraction of sp³-hybridized carbons (Fsp3) is 0.0455. The maximum atomic E-state index is 2.40. The highest BCUT2D eigenvalue weighted by molar-refractivity contribution is 7.18. The number of benzene rings is 3. The summed E-state index contributed by atoms with van der Waals surface area (Å²) >= 11 is 1.84. The van der Waals surface area contributed by atoms with Gasteiger partial charge in [-0.15, -0.1) is 0 Å². The lowest BCUT2D eigenvalue weighted by molar-refractivity contribution is -0.659. The number of aromatic nitrogens is 1. The van der Waals surface area contributed by atoms with Crippen LogP contribution in [-0.2, 0) is 6.54 Å². The molecule has 4 rings (SSSR count). The van der Waals surface area contributed by atoms with Gasteiger partial charge in [-0.3, -0.25) is 0 Å². The lowest BCUT2D eigenvalue weighted by Gasteiger charge is -1.98. The predicted octanol–water partition coefficient (Wildman–Crippen LogP) is 2.41. The molecule has 1 heterocycles. The Labute approximate surface area is 162 Å². The van der Waals surface area contributed by atoms with E-state index in [1.54, 1.807) is 0 Å². The molecule has 0 N–H and O–H groups in total. The zero-order chi connectivity index (χ0) is 16.2. The largest absolute Gasteiger partial charge is 1.00 e. The molecule has 4 aromatic rings. The number of nitrogens with zero attached hydrogens (tertiary/aromatic N) is 1. The van der Waals surface area contributed by atoms with E-state index >= 15 is 0 Å². The summed E-state index contributed by atoms with van der Waals surface area (Å²) in [6.07, 6.45) is 4.41. The number of hydrogen-bond acceptors (Lipinski definition) is 1. The zero-order valence-electron chi connectivity index (χ0n) is 13.7. The van der Waals surface area contributed by atoms with Gasteiger partial charge in [-0.25, -0.2) is 0 Å². The molecule has 1 aromatic heterocycles. The van der Waals surface area contributed by atoms with Crippen molar-refractivity contribution in [2.24, 2.45) is 0 Å². The minimum atomic E-state index is 0. The topological polar surface area (TPSA) is 3.88 Å². The average molecular weight is 408 g/mol.